The highest BCUT2D eigenvalue weighted by Gasteiger charge is 2.48. The lowest BCUT2D eigenvalue weighted by molar-refractivity contribution is 0.0473. The standard InChI is InChI=1S/C17H32O3/c1-2-3-4-7-12-19-13-15-14(8-5-6-11-18)16-9-10-17(15)20-16/h14-18H,2-13H2,1H3. The fraction of sp³-hybridized carbons (Fsp3) is 1.00. The highest BCUT2D eigenvalue weighted by molar-refractivity contribution is 4.96. The number of aliphatic hydroxyl groups is 1. The van der Waals surface area contributed by atoms with Gasteiger partial charge in [0.25, 0.3) is 0 Å². The van der Waals surface area contributed by atoms with Crippen LogP contribution in [0, 0.1) is 11.8 Å². The van der Waals surface area contributed by atoms with Crippen molar-refractivity contribution >= 4 is 0 Å². The van der Waals surface area contributed by atoms with Gasteiger partial charge in [-0.2, -0.15) is 0 Å². The molecular weight excluding hydrogens is 252 g/mol. The van der Waals surface area contributed by atoms with Gasteiger partial charge in [0.1, 0.15) is 0 Å². The van der Waals surface area contributed by atoms with Crippen molar-refractivity contribution < 1.29 is 14.6 Å². The van der Waals surface area contributed by atoms with E-state index in [-0.39, 0.29) is 0 Å². The Labute approximate surface area is 124 Å². The van der Waals surface area contributed by atoms with E-state index in [1.807, 2.05) is 0 Å². The SMILES string of the molecule is CCCCCCOCC1C2CCC(O2)C1CCCCO. The maximum Gasteiger partial charge on any atom is 0.0633 e. The van der Waals surface area contributed by atoms with Crippen LogP contribution in [0.3, 0.4) is 0 Å². The number of fused-ring (bicyclic) bond motifs is 2. The quantitative estimate of drug-likeness (QED) is 0.590. The third-order valence-electron chi connectivity index (χ3n) is 4.99. The van der Waals surface area contributed by atoms with Crippen LogP contribution in [0.25, 0.3) is 0 Å². The molecular formula is C17H32O3. The predicted octanol–water partition coefficient (Wildman–Crippen LogP) is 3.54. The largest absolute Gasteiger partial charge is 0.396 e. The second-order valence-electron chi connectivity index (χ2n) is 6.47. The smallest absolute Gasteiger partial charge is 0.0633 e. The summed E-state index contributed by atoms with van der Waals surface area (Å²) < 4.78 is 12.0. The molecule has 0 aromatic carbocycles. The molecule has 20 heavy (non-hydrogen) atoms. The van der Waals surface area contributed by atoms with Crippen molar-refractivity contribution in [2.24, 2.45) is 11.8 Å². The average molecular weight is 284 g/mol. The first-order chi connectivity index (χ1) is 9.86. The molecule has 2 aliphatic rings. The molecule has 2 saturated heterocycles. The minimum atomic E-state index is 0.320. The average Bonchev–Trinajstić information content (AvgIpc) is 3.05. The molecule has 0 spiro atoms. The minimum absolute atomic E-state index is 0.320. The van der Waals surface area contributed by atoms with Crippen LogP contribution in [0.4, 0.5) is 0 Å². The van der Waals surface area contributed by atoms with E-state index in [0.29, 0.717) is 30.7 Å². The highest BCUT2D eigenvalue weighted by atomic mass is 16.5. The molecule has 0 radical (unpaired) electrons. The van der Waals surface area contributed by atoms with Crippen molar-refractivity contribution in [3.8, 4) is 0 Å². The molecule has 3 heteroatoms. The van der Waals surface area contributed by atoms with Crippen LogP contribution in [0.15, 0.2) is 0 Å². The van der Waals surface area contributed by atoms with E-state index in [1.54, 1.807) is 0 Å². The van der Waals surface area contributed by atoms with Crippen LogP contribution >= 0.6 is 0 Å². The molecule has 1 N–H and O–H groups in total. The van der Waals surface area contributed by atoms with Gasteiger partial charge >= 0.3 is 0 Å². The third-order valence-corrected chi connectivity index (χ3v) is 4.99. The lowest BCUT2D eigenvalue weighted by atomic mass is 9.77. The van der Waals surface area contributed by atoms with E-state index in [9.17, 15) is 0 Å². The van der Waals surface area contributed by atoms with Crippen LogP contribution in [0.1, 0.15) is 64.7 Å². The second-order valence-corrected chi connectivity index (χ2v) is 6.47. The maximum absolute atomic E-state index is 8.93. The molecule has 0 aromatic rings. The van der Waals surface area contributed by atoms with E-state index in [2.05, 4.69) is 6.92 Å². The van der Waals surface area contributed by atoms with Gasteiger partial charge in [0, 0.05) is 19.1 Å². The van der Waals surface area contributed by atoms with Gasteiger partial charge in [-0.3, -0.25) is 0 Å². The Bertz CT molecular complexity index is 257. The highest BCUT2D eigenvalue weighted by Crippen LogP contribution is 2.45. The number of hydrogen-bond acceptors (Lipinski definition) is 3. The maximum atomic E-state index is 8.93. The first kappa shape index (κ1) is 16.3. The van der Waals surface area contributed by atoms with Crippen molar-refractivity contribution in [3.63, 3.8) is 0 Å². The molecule has 0 amide bonds. The van der Waals surface area contributed by atoms with Gasteiger partial charge < -0.3 is 14.6 Å². The Morgan fingerprint density at radius 2 is 1.80 bits per heavy atom. The summed E-state index contributed by atoms with van der Waals surface area (Å²) in [7, 11) is 0. The van der Waals surface area contributed by atoms with Gasteiger partial charge in [0.15, 0.2) is 0 Å². The molecule has 0 aliphatic carbocycles. The summed E-state index contributed by atoms with van der Waals surface area (Å²) in [5.41, 5.74) is 0. The zero-order chi connectivity index (χ0) is 14.2. The number of aliphatic hydroxyl groups excluding tert-OH is 1. The predicted molar refractivity (Wildman–Crippen MR) is 80.8 cm³/mol. The number of hydrogen-bond donors (Lipinski definition) is 1. The molecule has 2 rings (SSSR count). The molecule has 118 valence electrons. The fourth-order valence-corrected chi connectivity index (χ4v) is 3.84. The van der Waals surface area contributed by atoms with Crippen LogP contribution < -0.4 is 0 Å². The van der Waals surface area contributed by atoms with Gasteiger partial charge in [-0.05, 0) is 38.0 Å². The van der Waals surface area contributed by atoms with Crippen molar-refractivity contribution in [1.82, 2.24) is 0 Å². The Hall–Kier alpha value is -0.120. The Balaban J connectivity index is 1.65. The normalized spacial score (nSPS) is 32.1. The number of ether oxygens (including phenoxy) is 2. The summed E-state index contributed by atoms with van der Waals surface area (Å²) in [6, 6.07) is 0. The van der Waals surface area contributed by atoms with Crippen molar-refractivity contribution in [2.45, 2.75) is 76.9 Å². The van der Waals surface area contributed by atoms with Crippen LogP contribution in [-0.4, -0.2) is 37.1 Å². The zero-order valence-corrected chi connectivity index (χ0v) is 13.1. The summed E-state index contributed by atoms with van der Waals surface area (Å²) in [6.45, 7) is 4.36. The molecule has 2 fully saturated rings. The summed E-state index contributed by atoms with van der Waals surface area (Å²) >= 11 is 0. The van der Waals surface area contributed by atoms with E-state index < -0.39 is 0 Å². The van der Waals surface area contributed by atoms with Crippen LogP contribution in [0.5, 0.6) is 0 Å². The van der Waals surface area contributed by atoms with Crippen LogP contribution in [0.2, 0.25) is 0 Å². The van der Waals surface area contributed by atoms with Gasteiger partial charge in [-0.1, -0.05) is 32.6 Å². The summed E-state index contributed by atoms with van der Waals surface area (Å²) in [4.78, 5) is 0. The first-order valence-corrected chi connectivity index (χ1v) is 8.71. The summed E-state index contributed by atoms with van der Waals surface area (Å²) in [5, 5.41) is 8.93. The molecule has 4 unspecified atom stereocenters. The van der Waals surface area contributed by atoms with Gasteiger partial charge in [-0.25, -0.2) is 0 Å². The second kappa shape index (κ2) is 9.01. The van der Waals surface area contributed by atoms with E-state index in [0.717, 1.165) is 26.1 Å². The molecule has 2 aliphatic heterocycles. The topological polar surface area (TPSA) is 38.7 Å². The molecule has 0 aromatic heterocycles. The van der Waals surface area contributed by atoms with Crippen molar-refractivity contribution in [3.05, 3.63) is 0 Å². The molecule has 0 saturated carbocycles. The molecule has 3 nitrogen and oxygen atoms in total. The van der Waals surface area contributed by atoms with Crippen molar-refractivity contribution in [2.75, 3.05) is 19.8 Å². The minimum Gasteiger partial charge on any atom is -0.396 e. The lowest BCUT2D eigenvalue weighted by Gasteiger charge is -2.27. The van der Waals surface area contributed by atoms with E-state index in [1.165, 1.54) is 44.9 Å². The van der Waals surface area contributed by atoms with Gasteiger partial charge in [0.05, 0.1) is 18.8 Å². The van der Waals surface area contributed by atoms with E-state index >= 15 is 0 Å². The third kappa shape index (κ3) is 4.44. The van der Waals surface area contributed by atoms with Gasteiger partial charge in [-0.15, -0.1) is 0 Å². The fourth-order valence-electron chi connectivity index (χ4n) is 3.84. The Morgan fingerprint density at radius 1 is 1.00 bits per heavy atom. The Morgan fingerprint density at radius 3 is 2.55 bits per heavy atom. The molecule has 2 heterocycles. The molecule has 2 bridgehead atoms. The summed E-state index contributed by atoms with van der Waals surface area (Å²) in [6.07, 6.45) is 11.8. The van der Waals surface area contributed by atoms with Crippen LogP contribution in [-0.2, 0) is 9.47 Å². The van der Waals surface area contributed by atoms with E-state index in [4.69, 9.17) is 14.6 Å². The zero-order valence-electron chi connectivity index (χ0n) is 13.1. The lowest BCUT2D eigenvalue weighted by Crippen LogP contribution is -2.31. The van der Waals surface area contributed by atoms with Gasteiger partial charge in [0.2, 0.25) is 0 Å². The monoisotopic (exact) mass is 284 g/mol. The number of rotatable bonds is 11. The number of unbranched alkanes of at least 4 members (excludes halogenated alkanes) is 4. The molecule has 4 atom stereocenters. The summed E-state index contributed by atoms with van der Waals surface area (Å²) in [5.74, 6) is 1.29. The van der Waals surface area contributed by atoms with Crippen molar-refractivity contribution in [1.29, 1.82) is 0 Å². The first-order valence-electron chi connectivity index (χ1n) is 8.71. The Kier molecular flexibility index (Phi) is 7.32.